The third-order valence-corrected chi connectivity index (χ3v) is 7.25. The highest BCUT2D eigenvalue weighted by atomic mass is 16.6. The van der Waals surface area contributed by atoms with Crippen LogP contribution in [0.25, 0.3) is 0 Å². The summed E-state index contributed by atoms with van der Waals surface area (Å²) in [7, 11) is 0. The number of carbonyl (C=O) groups is 4. The Morgan fingerprint density at radius 3 is 2.15 bits per heavy atom. The fraction of sp³-hybridized carbons (Fsp3) is 0.677. The number of hydrogen-bond acceptors (Lipinski definition) is 6. The first-order chi connectivity index (χ1) is 19.2. The molecule has 0 aliphatic heterocycles. The average molecular weight is 575 g/mol. The van der Waals surface area contributed by atoms with E-state index in [0.717, 1.165) is 38.5 Å². The number of nitrogens with two attached hydrogens (primary N) is 1. The molecule has 4 amide bonds. The van der Waals surface area contributed by atoms with Gasteiger partial charge in [0.15, 0.2) is 0 Å². The number of phenols is 1. The molecule has 0 bridgehead atoms. The van der Waals surface area contributed by atoms with E-state index in [1.807, 2.05) is 6.92 Å². The minimum absolute atomic E-state index is 0.00401. The number of primary amides is 1. The SMILES string of the molecule is CC(C)CCC(C)N(C(=O)C(CCC(N)=O)NC(=O)OC(C)(C)C)C(C(=O)NC1CCCCC1)c1ccc(O)cc1. The van der Waals surface area contributed by atoms with Gasteiger partial charge in [-0.3, -0.25) is 14.4 Å². The van der Waals surface area contributed by atoms with E-state index in [1.54, 1.807) is 32.9 Å². The summed E-state index contributed by atoms with van der Waals surface area (Å²) < 4.78 is 5.41. The third kappa shape index (κ3) is 11.6. The van der Waals surface area contributed by atoms with Crippen molar-refractivity contribution in [3.05, 3.63) is 29.8 Å². The lowest BCUT2D eigenvalue weighted by atomic mass is 9.93. The van der Waals surface area contributed by atoms with E-state index in [9.17, 15) is 24.3 Å². The van der Waals surface area contributed by atoms with Crippen molar-refractivity contribution in [3.63, 3.8) is 0 Å². The predicted octanol–water partition coefficient (Wildman–Crippen LogP) is 4.69. The molecule has 0 spiro atoms. The van der Waals surface area contributed by atoms with E-state index in [0.29, 0.717) is 17.9 Å². The molecule has 5 N–H and O–H groups in total. The number of ether oxygens (including phenoxy) is 1. The van der Waals surface area contributed by atoms with E-state index in [2.05, 4.69) is 24.5 Å². The summed E-state index contributed by atoms with van der Waals surface area (Å²) in [6.07, 6.45) is 5.34. The zero-order valence-electron chi connectivity index (χ0n) is 25.6. The lowest BCUT2D eigenvalue weighted by Gasteiger charge is -2.39. The predicted molar refractivity (Wildman–Crippen MR) is 158 cm³/mol. The fourth-order valence-electron chi connectivity index (χ4n) is 5.11. The molecule has 1 aliphatic carbocycles. The van der Waals surface area contributed by atoms with Gasteiger partial charge in [0.25, 0.3) is 0 Å². The summed E-state index contributed by atoms with van der Waals surface area (Å²) in [6.45, 7) is 11.2. The minimum atomic E-state index is -1.15. The summed E-state index contributed by atoms with van der Waals surface area (Å²) in [5.41, 5.74) is 5.14. The number of nitrogens with one attached hydrogen (secondary N) is 2. The molecule has 1 aliphatic rings. The molecule has 0 aromatic heterocycles. The molecule has 10 heteroatoms. The van der Waals surface area contributed by atoms with Gasteiger partial charge in [-0.05, 0) is 83.4 Å². The normalized spacial score (nSPS) is 16.4. The second kappa shape index (κ2) is 15.6. The first-order valence-corrected chi connectivity index (χ1v) is 14.9. The molecule has 230 valence electrons. The zero-order valence-corrected chi connectivity index (χ0v) is 25.6. The van der Waals surface area contributed by atoms with Crippen LogP contribution in [0.3, 0.4) is 0 Å². The summed E-state index contributed by atoms with van der Waals surface area (Å²) in [4.78, 5) is 54.4. The number of aromatic hydroxyl groups is 1. The number of carbonyl (C=O) groups excluding carboxylic acids is 4. The van der Waals surface area contributed by atoms with Gasteiger partial charge in [-0.25, -0.2) is 4.79 Å². The maximum atomic E-state index is 14.4. The van der Waals surface area contributed by atoms with Gasteiger partial charge >= 0.3 is 6.09 Å². The summed E-state index contributed by atoms with van der Waals surface area (Å²) in [5.74, 6) is -1.04. The summed E-state index contributed by atoms with van der Waals surface area (Å²) in [5, 5.41) is 15.8. The molecule has 1 fully saturated rings. The van der Waals surface area contributed by atoms with E-state index < -0.39 is 41.6 Å². The molecule has 1 saturated carbocycles. The fourth-order valence-corrected chi connectivity index (χ4v) is 5.11. The molecule has 0 saturated heterocycles. The number of amides is 4. The lowest BCUT2D eigenvalue weighted by molar-refractivity contribution is -0.145. The van der Waals surface area contributed by atoms with Crippen molar-refractivity contribution >= 4 is 23.8 Å². The van der Waals surface area contributed by atoms with Crippen LogP contribution in [0.2, 0.25) is 0 Å². The van der Waals surface area contributed by atoms with Crippen molar-refractivity contribution in [1.82, 2.24) is 15.5 Å². The van der Waals surface area contributed by atoms with Crippen LogP contribution in [0.5, 0.6) is 5.75 Å². The van der Waals surface area contributed by atoms with Gasteiger partial charge in [0.2, 0.25) is 17.7 Å². The standard InChI is InChI=1S/C31H50N4O6/c1-20(2)12-13-21(3)35(29(39)25(18-19-26(32)37)34-30(40)41-31(4,5)6)27(22-14-16-24(36)17-15-22)28(38)33-23-10-8-7-9-11-23/h14-17,20-21,23,25,27,36H,7-13,18-19H2,1-6H3,(H2,32,37)(H,33,38)(H,34,40). The van der Waals surface area contributed by atoms with Gasteiger partial charge in [-0.2, -0.15) is 0 Å². The highest BCUT2D eigenvalue weighted by Gasteiger charge is 2.39. The highest BCUT2D eigenvalue weighted by Crippen LogP contribution is 2.30. The summed E-state index contributed by atoms with van der Waals surface area (Å²) >= 11 is 0. The molecule has 3 atom stereocenters. The van der Waals surface area contributed by atoms with Gasteiger partial charge in [0.1, 0.15) is 23.4 Å². The van der Waals surface area contributed by atoms with Crippen LogP contribution in [0, 0.1) is 5.92 Å². The Kier molecular flexibility index (Phi) is 12.9. The van der Waals surface area contributed by atoms with Crippen molar-refractivity contribution < 1.29 is 29.0 Å². The Morgan fingerprint density at radius 2 is 1.61 bits per heavy atom. The number of hydrogen-bond donors (Lipinski definition) is 4. The smallest absolute Gasteiger partial charge is 0.408 e. The van der Waals surface area contributed by atoms with Crippen LogP contribution in [0.1, 0.15) is 111 Å². The largest absolute Gasteiger partial charge is 0.508 e. The second-order valence-corrected chi connectivity index (χ2v) is 12.6. The van der Waals surface area contributed by atoms with E-state index >= 15 is 0 Å². The molecule has 41 heavy (non-hydrogen) atoms. The van der Waals surface area contributed by atoms with Crippen molar-refractivity contribution in [2.75, 3.05) is 0 Å². The van der Waals surface area contributed by atoms with Crippen LogP contribution < -0.4 is 16.4 Å². The topological polar surface area (TPSA) is 151 Å². The number of alkyl carbamates (subject to hydrolysis) is 1. The quantitative estimate of drug-likeness (QED) is 0.268. The third-order valence-electron chi connectivity index (χ3n) is 7.25. The van der Waals surface area contributed by atoms with Gasteiger partial charge in [-0.1, -0.05) is 45.2 Å². The molecular weight excluding hydrogens is 524 g/mol. The molecule has 0 heterocycles. The van der Waals surface area contributed by atoms with Crippen molar-refractivity contribution in [2.45, 2.75) is 129 Å². The Hall–Kier alpha value is -3.30. The van der Waals surface area contributed by atoms with Gasteiger partial charge in [0, 0.05) is 18.5 Å². The summed E-state index contributed by atoms with van der Waals surface area (Å²) in [6, 6.07) is 3.68. The zero-order chi connectivity index (χ0) is 30.7. The number of benzene rings is 1. The van der Waals surface area contributed by atoms with Crippen molar-refractivity contribution in [1.29, 1.82) is 0 Å². The monoisotopic (exact) mass is 574 g/mol. The molecule has 3 unspecified atom stereocenters. The Balaban J connectivity index is 2.55. The maximum absolute atomic E-state index is 14.4. The van der Waals surface area contributed by atoms with E-state index in [-0.39, 0.29) is 30.5 Å². The first kappa shape index (κ1) is 33.9. The van der Waals surface area contributed by atoms with Crippen LogP contribution in [0.4, 0.5) is 4.79 Å². The number of nitrogens with zero attached hydrogens (tertiary/aromatic N) is 1. The van der Waals surface area contributed by atoms with Crippen molar-refractivity contribution in [2.24, 2.45) is 11.7 Å². The van der Waals surface area contributed by atoms with Gasteiger partial charge < -0.3 is 31.1 Å². The van der Waals surface area contributed by atoms with E-state index in [4.69, 9.17) is 10.5 Å². The number of phenolic OH excluding ortho intramolecular Hbond substituents is 1. The molecule has 0 radical (unpaired) electrons. The maximum Gasteiger partial charge on any atom is 0.408 e. The Bertz CT molecular complexity index is 1010. The van der Waals surface area contributed by atoms with Gasteiger partial charge in [0.05, 0.1) is 0 Å². The van der Waals surface area contributed by atoms with Gasteiger partial charge in [-0.15, -0.1) is 0 Å². The lowest BCUT2D eigenvalue weighted by Crippen LogP contribution is -2.56. The van der Waals surface area contributed by atoms with Crippen LogP contribution in [-0.4, -0.2) is 57.5 Å². The molecular formula is C31H50N4O6. The first-order valence-electron chi connectivity index (χ1n) is 14.9. The molecule has 1 aromatic carbocycles. The Morgan fingerprint density at radius 1 is 1.00 bits per heavy atom. The number of rotatable bonds is 13. The molecule has 2 rings (SSSR count). The highest BCUT2D eigenvalue weighted by molar-refractivity contribution is 5.92. The van der Waals surface area contributed by atoms with Crippen LogP contribution in [0.15, 0.2) is 24.3 Å². The Labute approximate surface area is 244 Å². The van der Waals surface area contributed by atoms with Crippen molar-refractivity contribution in [3.8, 4) is 5.75 Å². The molecule has 1 aromatic rings. The average Bonchev–Trinajstić information content (AvgIpc) is 2.88. The van der Waals surface area contributed by atoms with Crippen LogP contribution in [-0.2, 0) is 19.1 Å². The second-order valence-electron chi connectivity index (χ2n) is 12.6. The van der Waals surface area contributed by atoms with Crippen LogP contribution >= 0.6 is 0 Å². The van der Waals surface area contributed by atoms with E-state index in [1.165, 1.54) is 17.0 Å². The minimum Gasteiger partial charge on any atom is -0.508 e. The molecule has 10 nitrogen and oxygen atoms in total.